The van der Waals surface area contributed by atoms with Gasteiger partial charge in [-0.25, -0.2) is 0 Å². The molecule has 0 bridgehead atoms. The Kier molecular flexibility index (Phi) is 8.28. The van der Waals surface area contributed by atoms with Gasteiger partial charge < -0.3 is 20.8 Å². The van der Waals surface area contributed by atoms with Gasteiger partial charge in [-0.1, -0.05) is 19.4 Å². The van der Waals surface area contributed by atoms with Gasteiger partial charge in [0.15, 0.2) is 0 Å². The van der Waals surface area contributed by atoms with Crippen molar-refractivity contribution in [3.63, 3.8) is 0 Å². The minimum Gasteiger partial charge on any atom is -0.506 e. The Morgan fingerprint density at radius 1 is 1.48 bits per heavy atom. The zero-order valence-corrected chi connectivity index (χ0v) is 15.9. The monoisotopic (exact) mass is 392 g/mol. The SMILES string of the molecule is CCC/C=C/C(=O)NC[C@H](CO)NC(=O)[C@@H]1CSC(c2ncccc2O)=N1. The lowest BCUT2D eigenvalue weighted by Crippen LogP contribution is -2.48. The van der Waals surface area contributed by atoms with E-state index in [0.29, 0.717) is 16.5 Å². The number of carbonyl (C=O) groups excluding carboxylic acids is 2. The van der Waals surface area contributed by atoms with Gasteiger partial charge in [0.05, 0.1) is 12.6 Å². The van der Waals surface area contributed by atoms with Crippen LogP contribution < -0.4 is 10.6 Å². The van der Waals surface area contributed by atoms with E-state index in [2.05, 4.69) is 20.6 Å². The van der Waals surface area contributed by atoms with Crippen LogP contribution in [0.3, 0.4) is 0 Å². The van der Waals surface area contributed by atoms with Gasteiger partial charge in [0.25, 0.3) is 0 Å². The Morgan fingerprint density at radius 3 is 3.00 bits per heavy atom. The number of hydrogen-bond acceptors (Lipinski definition) is 7. The van der Waals surface area contributed by atoms with Crippen LogP contribution >= 0.6 is 11.8 Å². The van der Waals surface area contributed by atoms with Crippen molar-refractivity contribution in [3.8, 4) is 5.75 Å². The number of aliphatic imine (C=N–C) groups is 1. The molecule has 0 unspecified atom stereocenters. The van der Waals surface area contributed by atoms with E-state index in [4.69, 9.17) is 0 Å². The molecule has 0 fully saturated rings. The van der Waals surface area contributed by atoms with Gasteiger partial charge >= 0.3 is 0 Å². The lowest BCUT2D eigenvalue weighted by Gasteiger charge is -2.18. The maximum Gasteiger partial charge on any atom is 0.246 e. The predicted molar refractivity (Wildman–Crippen MR) is 105 cm³/mol. The highest BCUT2D eigenvalue weighted by atomic mass is 32.2. The first-order chi connectivity index (χ1) is 13.0. The molecule has 0 saturated heterocycles. The molecule has 2 rings (SSSR count). The van der Waals surface area contributed by atoms with Crippen LogP contribution in [0, 0.1) is 0 Å². The number of unbranched alkanes of at least 4 members (excludes halogenated alkanes) is 1. The van der Waals surface area contributed by atoms with Gasteiger partial charge in [-0.2, -0.15) is 0 Å². The molecule has 0 aromatic carbocycles. The summed E-state index contributed by atoms with van der Waals surface area (Å²) in [6.45, 7) is 1.83. The third kappa shape index (κ3) is 6.37. The Balaban J connectivity index is 1.88. The zero-order chi connectivity index (χ0) is 19.6. The first kappa shape index (κ1) is 20.9. The highest BCUT2D eigenvalue weighted by Gasteiger charge is 2.28. The van der Waals surface area contributed by atoms with Crippen LogP contribution in [0.2, 0.25) is 0 Å². The summed E-state index contributed by atoms with van der Waals surface area (Å²) in [5, 5.41) is 25.1. The average Bonchev–Trinajstić information content (AvgIpc) is 3.15. The lowest BCUT2D eigenvalue weighted by atomic mass is 10.2. The molecular weight excluding hydrogens is 368 g/mol. The molecule has 2 amide bonds. The van der Waals surface area contributed by atoms with Crippen LogP contribution in [0.15, 0.2) is 35.5 Å². The average molecular weight is 392 g/mol. The third-order valence-electron chi connectivity index (χ3n) is 3.76. The molecule has 4 N–H and O–H groups in total. The number of nitrogens with one attached hydrogen (secondary N) is 2. The van der Waals surface area contributed by atoms with Crippen molar-refractivity contribution >= 4 is 28.6 Å². The van der Waals surface area contributed by atoms with Crippen molar-refractivity contribution in [1.29, 1.82) is 0 Å². The van der Waals surface area contributed by atoms with Crippen molar-refractivity contribution in [3.05, 3.63) is 36.2 Å². The molecule has 1 aliphatic heterocycles. The molecule has 0 spiro atoms. The molecule has 9 heteroatoms. The van der Waals surface area contributed by atoms with Crippen molar-refractivity contribution in [1.82, 2.24) is 15.6 Å². The summed E-state index contributed by atoms with van der Waals surface area (Å²) in [6, 6.07) is 1.88. The predicted octanol–water partition coefficient (Wildman–Crippen LogP) is 0.599. The van der Waals surface area contributed by atoms with Crippen LogP contribution in [0.4, 0.5) is 0 Å². The molecule has 27 heavy (non-hydrogen) atoms. The molecular formula is C18H24N4O4S. The van der Waals surface area contributed by atoms with Gasteiger partial charge in [0.2, 0.25) is 11.8 Å². The van der Waals surface area contributed by atoms with Gasteiger partial charge in [-0.15, -0.1) is 11.8 Å². The lowest BCUT2D eigenvalue weighted by molar-refractivity contribution is -0.123. The first-order valence-corrected chi connectivity index (χ1v) is 9.74. The van der Waals surface area contributed by atoms with E-state index < -0.39 is 12.1 Å². The number of rotatable bonds is 9. The van der Waals surface area contributed by atoms with Crippen LogP contribution in [0.1, 0.15) is 25.5 Å². The number of aromatic nitrogens is 1. The standard InChI is InChI=1S/C18H24N4O4S/c1-2-3-4-7-15(25)20-9-12(10-23)21-17(26)13-11-27-18(22-13)16-14(24)6-5-8-19-16/h4-8,12-13,23-24H,2-3,9-11H2,1H3,(H,20,25)(H,21,26)/b7-4+/t12-,13+/m1/s1. The maximum atomic E-state index is 12.4. The summed E-state index contributed by atoms with van der Waals surface area (Å²) in [4.78, 5) is 32.4. The largest absolute Gasteiger partial charge is 0.506 e. The summed E-state index contributed by atoms with van der Waals surface area (Å²) < 4.78 is 0. The summed E-state index contributed by atoms with van der Waals surface area (Å²) >= 11 is 1.34. The molecule has 2 heterocycles. The van der Waals surface area contributed by atoms with Crippen LogP contribution in [-0.4, -0.2) is 63.0 Å². The van der Waals surface area contributed by atoms with E-state index in [9.17, 15) is 19.8 Å². The highest BCUT2D eigenvalue weighted by Crippen LogP contribution is 2.27. The number of aliphatic hydroxyl groups excluding tert-OH is 1. The molecule has 0 radical (unpaired) electrons. The molecule has 1 aliphatic rings. The smallest absolute Gasteiger partial charge is 0.246 e. The van der Waals surface area contributed by atoms with E-state index in [0.717, 1.165) is 12.8 Å². The summed E-state index contributed by atoms with van der Waals surface area (Å²) in [6.07, 6.45) is 6.55. The zero-order valence-electron chi connectivity index (χ0n) is 15.1. The molecule has 1 aromatic heterocycles. The number of aromatic hydroxyl groups is 1. The topological polar surface area (TPSA) is 124 Å². The number of nitrogens with zero attached hydrogens (tertiary/aromatic N) is 2. The molecule has 0 aliphatic carbocycles. The van der Waals surface area contributed by atoms with Crippen LogP contribution in [-0.2, 0) is 9.59 Å². The Bertz CT molecular complexity index is 723. The quantitative estimate of drug-likeness (QED) is 0.456. The van der Waals surface area contributed by atoms with Crippen molar-refractivity contribution < 1.29 is 19.8 Å². The number of thioether (sulfide) groups is 1. The number of pyridine rings is 1. The Hall–Kier alpha value is -2.39. The fraction of sp³-hybridized carbons (Fsp3) is 0.444. The fourth-order valence-corrected chi connectivity index (χ4v) is 3.34. The van der Waals surface area contributed by atoms with E-state index in [1.54, 1.807) is 18.3 Å². The fourth-order valence-electron chi connectivity index (χ4n) is 2.30. The second-order valence-electron chi connectivity index (χ2n) is 5.96. The minimum atomic E-state index is -0.638. The normalized spacial score (nSPS) is 17.6. The first-order valence-electron chi connectivity index (χ1n) is 8.75. The van der Waals surface area contributed by atoms with E-state index in [1.807, 2.05) is 6.92 Å². The van der Waals surface area contributed by atoms with E-state index in [-0.39, 0.29) is 30.7 Å². The van der Waals surface area contributed by atoms with Gasteiger partial charge in [-0.3, -0.25) is 19.6 Å². The minimum absolute atomic E-state index is 0.0110. The van der Waals surface area contributed by atoms with Gasteiger partial charge in [0, 0.05) is 18.5 Å². The van der Waals surface area contributed by atoms with Gasteiger partial charge in [0.1, 0.15) is 22.5 Å². The molecule has 146 valence electrons. The Morgan fingerprint density at radius 2 is 2.30 bits per heavy atom. The molecule has 1 aromatic rings. The Labute approximate surface area is 162 Å². The summed E-state index contributed by atoms with van der Waals surface area (Å²) in [5.41, 5.74) is 0.350. The summed E-state index contributed by atoms with van der Waals surface area (Å²) in [7, 11) is 0. The van der Waals surface area contributed by atoms with Crippen molar-refractivity contribution in [2.75, 3.05) is 18.9 Å². The second kappa shape index (κ2) is 10.7. The van der Waals surface area contributed by atoms with E-state index >= 15 is 0 Å². The maximum absolute atomic E-state index is 12.4. The second-order valence-corrected chi connectivity index (χ2v) is 6.97. The summed E-state index contributed by atoms with van der Waals surface area (Å²) in [5.74, 6) is -0.181. The van der Waals surface area contributed by atoms with Gasteiger partial charge in [-0.05, 0) is 24.6 Å². The number of aliphatic hydroxyl groups is 1. The molecule has 8 nitrogen and oxygen atoms in total. The highest BCUT2D eigenvalue weighted by molar-refractivity contribution is 8.14. The number of carbonyl (C=O) groups is 2. The molecule has 0 saturated carbocycles. The van der Waals surface area contributed by atoms with E-state index in [1.165, 1.54) is 23.9 Å². The van der Waals surface area contributed by atoms with Crippen molar-refractivity contribution in [2.45, 2.75) is 31.8 Å². The number of allylic oxidation sites excluding steroid dienone is 1. The number of amides is 2. The van der Waals surface area contributed by atoms with Crippen molar-refractivity contribution in [2.24, 2.45) is 4.99 Å². The number of hydrogen-bond donors (Lipinski definition) is 4. The van der Waals surface area contributed by atoms with Crippen LogP contribution in [0.25, 0.3) is 0 Å². The third-order valence-corrected chi connectivity index (χ3v) is 4.81. The van der Waals surface area contributed by atoms with Crippen LogP contribution in [0.5, 0.6) is 5.75 Å². The molecule has 2 atom stereocenters.